The molecule has 2 N–H and O–H groups in total. The highest BCUT2D eigenvalue weighted by Crippen LogP contribution is 2.15. The molecule has 98 valence electrons. The van der Waals surface area contributed by atoms with Crippen LogP contribution in [0.25, 0.3) is 0 Å². The number of hydrogen-bond acceptors (Lipinski definition) is 2. The quantitative estimate of drug-likeness (QED) is 0.872. The molecule has 0 unspecified atom stereocenters. The van der Waals surface area contributed by atoms with Gasteiger partial charge in [0.1, 0.15) is 0 Å². The topological polar surface area (TPSA) is 66.4 Å². The molecule has 0 radical (unpaired) electrons. The van der Waals surface area contributed by atoms with Crippen molar-refractivity contribution in [2.24, 2.45) is 0 Å². The first-order valence-corrected chi connectivity index (χ1v) is 4.89. The van der Waals surface area contributed by atoms with Crippen LogP contribution in [0.5, 0.6) is 0 Å². The highest BCUT2D eigenvalue weighted by molar-refractivity contribution is 5.88. The number of carboxylic acid groups (broad SMARTS) is 1. The maximum Gasteiger partial charge on any atom is 0.471 e. The number of aromatic carboxylic acids is 1. The summed E-state index contributed by atoms with van der Waals surface area (Å²) >= 11 is 0. The largest absolute Gasteiger partial charge is 0.478 e. The molecule has 0 aliphatic rings. The molecule has 0 aliphatic heterocycles. The van der Waals surface area contributed by atoms with Crippen molar-refractivity contribution >= 4 is 11.9 Å². The summed E-state index contributed by atoms with van der Waals surface area (Å²) < 4.78 is 35.8. The summed E-state index contributed by atoms with van der Waals surface area (Å²) in [6, 6.07) is 3.97. The molecule has 0 aliphatic carbocycles. The molecule has 7 heteroatoms. The Hall–Kier alpha value is -2.05. The van der Waals surface area contributed by atoms with Crippen LogP contribution in [0.1, 0.15) is 21.5 Å². The second-order valence-corrected chi connectivity index (χ2v) is 3.63. The number of halogens is 3. The van der Waals surface area contributed by atoms with E-state index >= 15 is 0 Å². The predicted octanol–water partition coefficient (Wildman–Crippen LogP) is 1.87. The van der Waals surface area contributed by atoms with Gasteiger partial charge >= 0.3 is 18.1 Å². The van der Waals surface area contributed by atoms with Gasteiger partial charge in [-0.15, -0.1) is 0 Å². The number of nitrogens with one attached hydrogen (secondary N) is 1. The fraction of sp³-hybridized carbons (Fsp3) is 0.273. The van der Waals surface area contributed by atoms with Gasteiger partial charge in [0.15, 0.2) is 0 Å². The second kappa shape index (κ2) is 5.07. The molecule has 0 heterocycles. The van der Waals surface area contributed by atoms with Crippen LogP contribution < -0.4 is 5.32 Å². The summed E-state index contributed by atoms with van der Waals surface area (Å²) in [4.78, 5) is 21.2. The number of amides is 1. The standard InChI is InChI=1S/C11H10F3NO3/c1-6-4-7(9(16)17)2-3-8(6)5-15-10(18)11(12,13)14/h2-4H,5H2,1H3,(H,15,18)(H,16,17). The molecule has 0 spiro atoms. The first kappa shape index (κ1) is 14.0. The molecule has 1 rings (SSSR count). The van der Waals surface area contributed by atoms with Gasteiger partial charge in [-0.05, 0) is 30.2 Å². The summed E-state index contributed by atoms with van der Waals surface area (Å²) in [6.07, 6.45) is -4.92. The van der Waals surface area contributed by atoms with E-state index in [1.165, 1.54) is 18.2 Å². The molecule has 18 heavy (non-hydrogen) atoms. The zero-order valence-corrected chi connectivity index (χ0v) is 9.34. The molecule has 1 aromatic rings. The first-order chi connectivity index (χ1) is 8.21. The lowest BCUT2D eigenvalue weighted by molar-refractivity contribution is -0.173. The van der Waals surface area contributed by atoms with Crippen molar-refractivity contribution in [2.75, 3.05) is 0 Å². The van der Waals surface area contributed by atoms with Crippen LogP contribution >= 0.6 is 0 Å². The third-order valence-corrected chi connectivity index (χ3v) is 2.29. The van der Waals surface area contributed by atoms with Crippen LogP contribution in [0.4, 0.5) is 13.2 Å². The predicted molar refractivity (Wildman–Crippen MR) is 56.0 cm³/mol. The SMILES string of the molecule is Cc1cc(C(=O)O)ccc1CNC(=O)C(F)(F)F. The summed E-state index contributed by atoms with van der Waals surface area (Å²) in [7, 11) is 0. The third kappa shape index (κ3) is 3.47. The Morgan fingerprint density at radius 2 is 1.94 bits per heavy atom. The Bertz CT molecular complexity index is 483. The molecule has 0 aromatic heterocycles. The smallest absolute Gasteiger partial charge is 0.471 e. The number of aryl methyl sites for hydroxylation is 1. The Balaban J connectivity index is 2.75. The van der Waals surface area contributed by atoms with E-state index in [1.807, 2.05) is 0 Å². The number of carbonyl (C=O) groups is 2. The van der Waals surface area contributed by atoms with Crippen LogP contribution in [0, 0.1) is 6.92 Å². The number of carbonyl (C=O) groups excluding carboxylic acids is 1. The Morgan fingerprint density at radius 1 is 1.33 bits per heavy atom. The van der Waals surface area contributed by atoms with Crippen molar-refractivity contribution in [3.63, 3.8) is 0 Å². The van der Waals surface area contributed by atoms with Crippen molar-refractivity contribution in [1.82, 2.24) is 5.32 Å². The molecule has 0 saturated carbocycles. The third-order valence-electron chi connectivity index (χ3n) is 2.29. The van der Waals surface area contributed by atoms with E-state index in [9.17, 15) is 22.8 Å². The lowest BCUT2D eigenvalue weighted by atomic mass is 10.1. The Kier molecular flexibility index (Phi) is 3.95. The van der Waals surface area contributed by atoms with Crippen molar-refractivity contribution in [3.05, 3.63) is 34.9 Å². The van der Waals surface area contributed by atoms with E-state index < -0.39 is 18.1 Å². The normalized spacial score (nSPS) is 11.1. The van der Waals surface area contributed by atoms with Gasteiger partial charge in [0.25, 0.3) is 0 Å². The van der Waals surface area contributed by atoms with E-state index in [0.717, 1.165) is 0 Å². The van der Waals surface area contributed by atoms with Gasteiger partial charge in [-0.2, -0.15) is 13.2 Å². The van der Waals surface area contributed by atoms with Gasteiger partial charge in [-0.1, -0.05) is 6.07 Å². The molecule has 0 saturated heterocycles. The Morgan fingerprint density at radius 3 is 2.39 bits per heavy atom. The van der Waals surface area contributed by atoms with Gasteiger partial charge in [0, 0.05) is 6.54 Å². The van der Waals surface area contributed by atoms with Crippen molar-refractivity contribution in [3.8, 4) is 0 Å². The highest BCUT2D eigenvalue weighted by Gasteiger charge is 2.38. The molecule has 0 fully saturated rings. The van der Waals surface area contributed by atoms with Crippen molar-refractivity contribution in [2.45, 2.75) is 19.6 Å². The number of hydrogen-bond donors (Lipinski definition) is 2. The molecular formula is C11H10F3NO3. The molecule has 0 bridgehead atoms. The van der Waals surface area contributed by atoms with Crippen molar-refractivity contribution in [1.29, 1.82) is 0 Å². The molecule has 1 aromatic carbocycles. The highest BCUT2D eigenvalue weighted by atomic mass is 19.4. The van der Waals surface area contributed by atoms with Crippen LogP contribution in [-0.2, 0) is 11.3 Å². The average Bonchev–Trinajstić information content (AvgIpc) is 2.25. The minimum Gasteiger partial charge on any atom is -0.478 e. The molecule has 4 nitrogen and oxygen atoms in total. The zero-order chi connectivity index (χ0) is 13.9. The van der Waals surface area contributed by atoms with Gasteiger partial charge in [-0.3, -0.25) is 4.79 Å². The van der Waals surface area contributed by atoms with E-state index in [1.54, 1.807) is 12.2 Å². The van der Waals surface area contributed by atoms with Crippen LogP contribution in [0.15, 0.2) is 18.2 Å². The minimum atomic E-state index is -4.92. The summed E-state index contributed by atoms with van der Waals surface area (Å²) in [6.45, 7) is 1.26. The average molecular weight is 261 g/mol. The van der Waals surface area contributed by atoms with Gasteiger partial charge in [0.2, 0.25) is 0 Å². The summed E-state index contributed by atoms with van der Waals surface area (Å²) in [5.41, 5.74) is 0.966. The van der Waals surface area contributed by atoms with E-state index in [4.69, 9.17) is 5.11 Å². The number of alkyl halides is 3. The monoisotopic (exact) mass is 261 g/mol. The van der Waals surface area contributed by atoms with Gasteiger partial charge in [-0.25, -0.2) is 4.79 Å². The van der Waals surface area contributed by atoms with Crippen LogP contribution in [-0.4, -0.2) is 23.2 Å². The molecule has 0 atom stereocenters. The zero-order valence-electron chi connectivity index (χ0n) is 9.34. The van der Waals surface area contributed by atoms with E-state index in [-0.39, 0.29) is 12.1 Å². The van der Waals surface area contributed by atoms with Gasteiger partial charge in [0.05, 0.1) is 5.56 Å². The number of rotatable bonds is 3. The number of benzene rings is 1. The van der Waals surface area contributed by atoms with Crippen LogP contribution in [0.3, 0.4) is 0 Å². The van der Waals surface area contributed by atoms with Crippen molar-refractivity contribution < 1.29 is 27.9 Å². The fourth-order valence-electron chi connectivity index (χ4n) is 1.30. The minimum absolute atomic E-state index is 0.0402. The summed E-state index contributed by atoms with van der Waals surface area (Å²) in [5, 5.41) is 10.4. The van der Waals surface area contributed by atoms with Crippen LogP contribution in [0.2, 0.25) is 0 Å². The van der Waals surface area contributed by atoms with E-state index in [2.05, 4.69) is 0 Å². The van der Waals surface area contributed by atoms with E-state index in [0.29, 0.717) is 11.1 Å². The molecular weight excluding hydrogens is 251 g/mol. The van der Waals surface area contributed by atoms with Gasteiger partial charge < -0.3 is 10.4 Å². The number of carboxylic acids is 1. The summed E-state index contributed by atoms with van der Waals surface area (Å²) in [5.74, 6) is -3.15. The lowest BCUT2D eigenvalue weighted by Crippen LogP contribution is -2.36. The first-order valence-electron chi connectivity index (χ1n) is 4.89. The Labute approximate surface area is 100 Å². The fourth-order valence-corrected chi connectivity index (χ4v) is 1.30. The maximum atomic E-state index is 11.9. The second-order valence-electron chi connectivity index (χ2n) is 3.63. The maximum absolute atomic E-state index is 11.9. The lowest BCUT2D eigenvalue weighted by Gasteiger charge is -2.10. The molecule has 1 amide bonds.